The lowest BCUT2D eigenvalue weighted by Gasteiger charge is -2.36. The number of ether oxygens (including phenoxy) is 2. The van der Waals surface area contributed by atoms with Gasteiger partial charge in [-0.3, -0.25) is 24.8 Å². The van der Waals surface area contributed by atoms with Gasteiger partial charge in [0.25, 0.3) is 5.69 Å². The van der Waals surface area contributed by atoms with Gasteiger partial charge in [0.15, 0.2) is 0 Å². The van der Waals surface area contributed by atoms with Gasteiger partial charge in [-0.05, 0) is 61.6 Å². The quantitative estimate of drug-likeness (QED) is 0.291. The van der Waals surface area contributed by atoms with E-state index in [2.05, 4.69) is 31.9 Å². The second-order valence-corrected chi connectivity index (χ2v) is 11.4. The van der Waals surface area contributed by atoms with Crippen LogP contribution in [-0.2, 0) is 22.1 Å². The van der Waals surface area contributed by atoms with E-state index in [1.807, 2.05) is 17.0 Å². The van der Waals surface area contributed by atoms with Gasteiger partial charge in [0, 0.05) is 55.4 Å². The summed E-state index contributed by atoms with van der Waals surface area (Å²) in [6.45, 7) is 3.60. The molecule has 9 nitrogen and oxygen atoms in total. The molecule has 13 heteroatoms. The fourth-order valence-corrected chi connectivity index (χ4v) is 5.91. The summed E-state index contributed by atoms with van der Waals surface area (Å²) in [4.78, 5) is 31.1. The predicted octanol–water partition coefficient (Wildman–Crippen LogP) is 5.56. The molecule has 1 aliphatic carbocycles. The summed E-state index contributed by atoms with van der Waals surface area (Å²) in [6, 6.07) is 8.83. The number of carbonyl (C=O) groups excluding carboxylic acids is 1. The van der Waals surface area contributed by atoms with E-state index in [0.29, 0.717) is 50.6 Å². The number of amides is 1. The van der Waals surface area contributed by atoms with Crippen LogP contribution in [0.25, 0.3) is 0 Å². The van der Waals surface area contributed by atoms with E-state index < -0.39 is 22.4 Å². The van der Waals surface area contributed by atoms with Gasteiger partial charge in [-0.1, -0.05) is 15.9 Å². The van der Waals surface area contributed by atoms with E-state index in [9.17, 15) is 28.1 Å². The van der Waals surface area contributed by atoms with Crippen LogP contribution in [0.2, 0.25) is 0 Å². The molecule has 220 valence electrons. The summed E-state index contributed by atoms with van der Waals surface area (Å²) in [7, 11) is 0. The molecule has 1 atom stereocenters. The van der Waals surface area contributed by atoms with Crippen LogP contribution >= 0.6 is 15.9 Å². The molecule has 1 unspecified atom stereocenters. The highest BCUT2D eigenvalue weighted by Crippen LogP contribution is 2.38. The van der Waals surface area contributed by atoms with Crippen molar-refractivity contribution in [2.45, 2.75) is 50.5 Å². The molecule has 2 aliphatic heterocycles. The summed E-state index contributed by atoms with van der Waals surface area (Å²) in [5.41, 5.74) is -0.364. The lowest BCUT2D eigenvalue weighted by molar-refractivity contribution is -0.388. The molecule has 2 aromatic carbocycles. The van der Waals surface area contributed by atoms with Gasteiger partial charge in [-0.15, -0.1) is 0 Å². The molecule has 5 rings (SSSR count). The lowest BCUT2D eigenvalue weighted by atomic mass is 9.95. The van der Waals surface area contributed by atoms with Crippen molar-refractivity contribution in [3.05, 3.63) is 62.1 Å². The number of piperazine rings is 1. The first-order valence-electron chi connectivity index (χ1n) is 13.5. The molecular formula is C28H30BrF3N4O5. The van der Waals surface area contributed by atoms with Crippen molar-refractivity contribution in [3.63, 3.8) is 0 Å². The van der Waals surface area contributed by atoms with Crippen molar-refractivity contribution in [3.8, 4) is 5.75 Å². The lowest BCUT2D eigenvalue weighted by Crippen LogP contribution is -2.51. The average molecular weight is 639 g/mol. The van der Waals surface area contributed by atoms with E-state index in [1.54, 1.807) is 0 Å². The minimum atomic E-state index is -4.85. The largest absolute Gasteiger partial charge is 0.488 e. The van der Waals surface area contributed by atoms with Crippen LogP contribution in [-0.4, -0.2) is 77.9 Å². The van der Waals surface area contributed by atoms with Crippen LogP contribution in [0.15, 0.2) is 45.9 Å². The Morgan fingerprint density at radius 1 is 1.12 bits per heavy atom. The van der Waals surface area contributed by atoms with Crippen LogP contribution in [0.1, 0.15) is 36.8 Å². The number of nitro benzene ring substituents is 1. The molecule has 0 aromatic heterocycles. The number of fused-ring (bicyclic) bond motifs is 1. The van der Waals surface area contributed by atoms with Crippen LogP contribution in [0.3, 0.4) is 0 Å². The molecule has 0 spiro atoms. The topological polar surface area (TPSA) is 97.5 Å². The third kappa shape index (κ3) is 7.44. The molecular weight excluding hydrogens is 609 g/mol. The number of benzene rings is 2. The monoisotopic (exact) mass is 638 g/mol. The number of hydrogen-bond donors (Lipinski definition) is 0. The Labute approximate surface area is 243 Å². The number of carbonyl (C=O) groups is 1. The number of nitro groups is 1. The van der Waals surface area contributed by atoms with Crippen molar-refractivity contribution in [1.82, 2.24) is 9.80 Å². The molecule has 0 bridgehead atoms. The number of rotatable bonds is 7. The zero-order chi connectivity index (χ0) is 29.1. The smallest absolute Gasteiger partial charge is 0.423 e. The third-order valence-electron chi connectivity index (χ3n) is 7.67. The summed E-state index contributed by atoms with van der Waals surface area (Å²) < 4.78 is 52.8. The first-order valence-corrected chi connectivity index (χ1v) is 14.3. The normalized spacial score (nSPS) is 21.4. The Balaban J connectivity index is 1.03. The van der Waals surface area contributed by atoms with Crippen LogP contribution in [0, 0.1) is 10.1 Å². The molecule has 2 fully saturated rings. The van der Waals surface area contributed by atoms with Gasteiger partial charge in [0.1, 0.15) is 24.0 Å². The van der Waals surface area contributed by atoms with Crippen molar-refractivity contribution in [2.75, 3.05) is 39.3 Å². The molecule has 1 saturated carbocycles. The number of halogens is 4. The fourth-order valence-electron chi connectivity index (χ4n) is 5.50. The molecule has 1 saturated heterocycles. The maximum Gasteiger partial charge on any atom is 0.423 e. The molecule has 3 aliphatic rings. The van der Waals surface area contributed by atoms with Crippen LogP contribution < -0.4 is 4.74 Å². The molecule has 41 heavy (non-hydrogen) atoms. The number of alkyl halides is 3. The second kappa shape index (κ2) is 12.5. The average Bonchev–Trinajstić information content (AvgIpc) is 3.33. The zero-order valence-corrected chi connectivity index (χ0v) is 23.8. The van der Waals surface area contributed by atoms with Crippen molar-refractivity contribution >= 4 is 38.9 Å². The number of aliphatic imine (C=N–C) groups is 1. The summed E-state index contributed by atoms with van der Waals surface area (Å²) in [5.74, 6) is 0.885. The van der Waals surface area contributed by atoms with E-state index in [0.717, 1.165) is 42.3 Å². The predicted molar refractivity (Wildman–Crippen MR) is 149 cm³/mol. The zero-order valence-electron chi connectivity index (χ0n) is 22.2. The molecule has 2 aromatic rings. The highest BCUT2D eigenvalue weighted by atomic mass is 79.9. The highest BCUT2D eigenvalue weighted by molar-refractivity contribution is 9.10. The fraction of sp³-hybridized carbons (Fsp3) is 0.500. The van der Waals surface area contributed by atoms with Crippen LogP contribution in [0.4, 0.5) is 24.5 Å². The highest BCUT2D eigenvalue weighted by Gasteiger charge is 2.38. The molecule has 2 heterocycles. The Morgan fingerprint density at radius 2 is 1.85 bits per heavy atom. The molecule has 0 radical (unpaired) electrons. The van der Waals surface area contributed by atoms with E-state index in [4.69, 9.17) is 9.47 Å². The third-order valence-corrected chi connectivity index (χ3v) is 8.17. The summed E-state index contributed by atoms with van der Waals surface area (Å²) >= 11 is 3.50. The second-order valence-electron chi connectivity index (χ2n) is 10.5. The number of nitrogens with zero attached hydrogens (tertiary/aromatic N) is 4. The number of hydrogen-bond acceptors (Lipinski definition) is 7. The van der Waals surface area contributed by atoms with Crippen molar-refractivity contribution in [2.24, 2.45) is 4.99 Å². The Bertz CT molecular complexity index is 1320. The summed E-state index contributed by atoms with van der Waals surface area (Å²) in [5, 5.41) is 11.0. The Kier molecular flexibility index (Phi) is 8.95. The maximum atomic E-state index is 13.3. The van der Waals surface area contributed by atoms with E-state index in [-0.39, 0.29) is 30.4 Å². The molecule has 0 N–H and O–H groups in total. The van der Waals surface area contributed by atoms with Gasteiger partial charge in [-0.2, -0.15) is 13.2 Å². The van der Waals surface area contributed by atoms with Gasteiger partial charge >= 0.3 is 6.18 Å². The summed E-state index contributed by atoms with van der Waals surface area (Å²) in [6.07, 6.45) is -1.78. The first-order chi connectivity index (χ1) is 19.5. The first kappa shape index (κ1) is 29.5. The minimum absolute atomic E-state index is 0.00956. The van der Waals surface area contributed by atoms with Crippen molar-refractivity contribution < 1.29 is 32.4 Å². The standard InChI is InChI=1S/C28H30BrF3N4O5/c29-19-1-8-26-18(13-19)14-23(41-26)16-34-9-11-35(12-10-34)27(37)17-40-22-5-2-20(3-6-22)33-21-4-7-25(36(38)39)24(15-21)28(30,31)32/h1,4,7-8,13,15,22-23H,2-3,5-6,9-12,14,16-17H2. The van der Waals surface area contributed by atoms with Gasteiger partial charge in [0.05, 0.1) is 16.7 Å². The Morgan fingerprint density at radius 3 is 2.54 bits per heavy atom. The molecule has 1 amide bonds. The maximum absolute atomic E-state index is 13.3. The minimum Gasteiger partial charge on any atom is -0.488 e. The SMILES string of the molecule is O=C(COC1CCC(=Nc2ccc([N+](=O)[O-])c(C(F)(F)F)c2)CC1)N1CCN(CC2Cc3cc(Br)ccc3O2)CC1. The van der Waals surface area contributed by atoms with E-state index in [1.165, 1.54) is 11.6 Å². The van der Waals surface area contributed by atoms with Gasteiger partial charge in [0.2, 0.25) is 5.91 Å². The van der Waals surface area contributed by atoms with E-state index >= 15 is 0 Å². The van der Waals surface area contributed by atoms with Crippen LogP contribution in [0.5, 0.6) is 5.75 Å². The Hall–Kier alpha value is -3.03. The van der Waals surface area contributed by atoms with Gasteiger partial charge in [-0.25, -0.2) is 0 Å². The van der Waals surface area contributed by atoms with Crippen molar-refractivity contribution in [1.29, 1.82) is 0 Å². The van der Waals surface area contributed by atoms with Gasteiger partial charge < -0.3 is 14.4 Å².